The Morgan fingerprint density at radius 1 is 1.24 bits per heavy atom. The lowest BCUT2D eigenvalue weighted by Crippen LogP contribution is -2.41. The number of alkyl carbamates (subject to hydrolysis) is 1. The van der Waals surface area contributed by atoms with E-state index in [-0.39, 0.29) is 18.2 Å². The van der Waals surface area contributed by atoms with Crippen molar-refractivity contribution in [1.29, 1.82) is 0 Å². The smallest absolute Gasteiger partial charge is 0.407 e. The number of nitrogens with zero attached hydrogens (tertiary/aromatic N) is 3. The van der Waals surface area contributed by atoms with E-state index in [0.717, 1.165) is 42.1 Å². The van der Waals surface area contributed by atoms with Crippen LogP contribution in [0.2, 0.25) is 0 Å². The van der Waals surface area contributed by atoms with E-state index in [4.69, 9.17) is 20.3 Å². The van der Waals surface area contributed by atoms with Gasteiger partial charge in [-0.25, -0.2) is 9.78 Å². The highest BCUT2D eigenvalue weighted by Crippen LogP contribution is 2.39. The number of nitrogens with one attached hydrogen (secondary N) is 1. The molecule has 3 aromatic rings. The number of primary amides is 1. The summed E-state index contributed by atoms with van der Waals surface area (Å²) in [6, 6.07) is 3.93. The summed E-state index contributed by atoms with van der Waals surface area (Å²) in [6.07, 6.45) is 4.70. The van der Waals surface area contributed by atoms with Gasteiger partial charge >= 0.3 is 6.09 Å². The molecule has 1 fully saturated rings. The lowest BCUT2D eigenvalue weighted by molar-refractivity contribution is 0.0487. The van der Waals surface area contributed by atoms with Gasteiger partial charge in [0.2, 0.25) is 5.88 Å². The van der Waals surface area contributed by atoms with Gasteiger partial charge in [0.15, 0.2) is 0 Å². The SMILES string of the molecule is COc1nccc2c1c(-c1csc(C(N)=O)c1)nn2C1CCC(NC(=O)OC(C)(C)C)CC1. The van der Waals surface area contributed by atoms with Crippen LogP contribution in [0.25, 0.3) is 22.2 Å². The maximum absolute atomic E-state index is 12.1. The van der Waals surface area contributed by atoms with Crippen molar-refractivity contribution in [2.75, 3.05) is 7.11 Å². The molecular weight excluding hydrogens is 442 g/mol. The van der Waals surface area contributed by atoms with Gasteiger partial charge in [0.25, 0.3) is 5.91 Å². The van der Waals surface area contributed by atoms with Crippen LogP contribution in [0.15, 0.2) is 23.7 Å². The molecule has 3 aromatic heterocycles. The van der Waals surface area contributed by atoms with Gasteiger partial charge in [-0.05, 0) is 58.6 Å². The number of pyridine rings is 1. The number of methoxy groups -OCH3 is 1. The summed E-state index contributed by atoms with van der Waals surface area (Å²) in [4.78, 5) is 28.6. The number of hydrogen-bond acceptors (Lipinski definition) is 7. The van der Waals surface area contributed by atoms with Gasteiger partial charge in [-0.15, -0.1) is 11.3 Å². The second kappa shape index (κ2) is 9.01. The Kier molecular flexibility index (Phi) is 6.29. The normalized spacial score (nSPS) is 18.8. The Morgan fingerprint density at radius 2 is 1.97 bits per heavy atom. The van der Waals surface area contributed by atoms with E-state index >= 15 is 0 Å². The Bertz CT molecular complexity index is 1170. The highest BCUT2D eigenvalue weighted by molar-refractivity contribution is 7.12. The fraction of sp³-hybridized carbons (Fsp3) is 0.478. The second-order valence-corrected chi connectivity index (χ2v) is 10.1. The van der Waals surface area contributed by atoms with E-state index in [1.807, 2.05) is 36.9 Å². The Labute approximate surface area is 196 Å². The highest BCUT2D eigenvalue weighted by atomic mass is 32.1. The maximum atomic E-state index is 12.1. The van der Waals surface area contributed by atoms with E-state index < -0.39 is 11.5 Å². The molecule has 1 aliphatic rings. The first-order valence-electron chi connectivity index (χ1n) is 11.0. The highest BCUT2D eigenvalue weighted by Gasteiger charge is 2.29. The molecule has 4 rings (SSSR count). The van der Waals surface area contributed by atoms with E-state index in [9.17, 15) is 9.59 Å². The minimum absolute atomic E-state index is 0.0728. The summed E-state index contributed by atoms with van der Waals surface area (Å²) in [6.45, 7) is 5.56. The lowest BCUT2D eigenvalue weighted by atomic mass is 9.91. The molecule has 0 saturated heterocycles. The van der Waals surface area contributed by atoms with E-state index in [2.05, 4.69) is 10.3 Å². The first-order chi connectivity index (χ1) is 15.7. The summed E-state index contributed by atoms with van der Waals surface area (Å²) in [5.41, 5.74) is 7.38. The van der Waals surface area contributed by atoms with Crippen LogP contribution in [-0.2, 0) is 4.74 Å². The van der Waals surface area contributed by atoms with Gasteiger partial charge in [0.05, 0.1) is 28.9 Å². The van der Waals surface area contributed by atoms with Gasteiger partial charge in [0.1, 0.15) is 11.3 Å². The van der Waals surface area contributed by atoms with Gasteiger partial charge in [0, 0.05) is 23.2 Å². The quantitative estimate of drug-likeness (QED) is 0.573. The molecule has 10 heteroatoms. The zero-order valence-corrected chi connectivity index (χ0v) is 20.1. The summed E-state index contributed by atoms with van der Waals surface area (Å²) in [7, 11) is 1.58. The Morgan fingerprint density at radius 3 is 2.58 bits per heavy atom. The van der Waals surface area contributed by atoms with E-state index in [0.29, 0.717) is 16.5 Å². The maximum Gasteiger partial charge on any atom is 0.407 e. The summed E-state index contributed by atoms with van der Waals surface area (Å²) < 4.78 is 12.9. The zero-order valence-electron chi connectivity index (χ0n) is 19.3. The van der Waals surface area contributed by atoms with Crippen LogP contribution in [0.1, 0.15) is 62.2 Å². The molecule has 0 bridgehead atoms. The third-order valence-corrected chi connectivity index (χ3v) is 6.60. The number of hydrogen-bond donors (Lipinski definition) is 2. The first kappa shape index (κ1) is 23.0. The molecule has 33 heavy (non-hydrogen) atoms. The Hall–Kier alpha value is -3.14. The average molecular weight is 472 g/mol. The predicted molar refractivity (Wildman–Crippen MR) is 127 cm³/mol. The summed E-state index contributed by atoms with van der Waals surface area (Å²) in [5, 5.41) is 10.6. The number of thiophene rings is 1. The fourth-order valence-electron chi connectivity index (χ4n) is 4.22. The van der Waals surface area contributed by atoms with Crippen LogP contribution in [0, 0.1) is 0 Å². The van der Waals surface area contributed by atoms with Crippen molar-refractivity contribution in [3.63, 3.8) is 0 Å². The monoisotopic (exact) mass is 471 g/mol. The molecule has 0 radical (unpaired) electrons. The molecular formula is C23H29N5O4S. The molecule has 3 N–H and O–H groups in total. The molecule has 2 amide bonds. The molecule has 1 aliphatic carbocycles. The summed E-state index contributed by atoms with van der Waals surface area (Å²) >= 11 is 1.29. The van der Waals surface area contributed by atoms with E-state index in [1.165, 1.54) is 11.3 Å². The minimum atomic E-state index is -0.519. The predicted octanol–water partition coefficient (Wildman–Crippen LogP) is 4.28. The number of carbonyl (C=O) groups is 2. The molecule has 1 saturated carbocycles. The van der Waals surface area contributed by atoms with Crippen molar-refractivity contribution in [1.82, 2.24) is 20.1 Å². The Balaban J connectivity index is 1.59. The number of aromatic nitrogens is 3. The number of rotatable bonds is 5. The fourth-order valence-corrected chi connectivity index (χ4v) is 4.97. The van der Waals surface area contributed by atoms with Crippen LogP contribution in [0.4, 0.5) is 4.79 Å². The third-order valence-electron chi connectivity index (χ3n) is 5.66. The molecule has 0 unspecified atom stereocenters. The van der Waals surface area contributed by atoms with Crippen molar-refractivity contribution < 1.29 is 19.1 Å². The number of nitrogens with two attached hydrogens (primary N) is 1. The van der Waals surface area contributed by atoms with Crippen molar-refractivity contribution in [3.05, 3.63) is 28.6 Å². The first-order valence-corrected chi connectivity index (χ1v) is 11.8. The van der Waals surface area contributed by atoms with Crippen molar-refractivity contribution in [2.45, 2.75) is 64.1 Å². The second-order valence-electron chi connectivity index (χ2n) is 9.22. The molecule has 0 aromatic carbocycles. The van der Waals surface area contributed by atoms with E-state index in [1.54, 1.807) is 19.4 Å². The number of amides is 2. The van der Waals surface area contributed by atoms with Crippen LogP contribution in [0.5, 0.6) is 5.88 Å². The van der Waals surface area contributed by atoms with Crippen molar-refractivity contribution >= 4 is 34.2 Å². The molecule has 3 heterocycles. The average Bonchev–Trinajstić information content (AvgIpc) is 3.38. The summed E-state index contributed by atoms with van der Waals surface area (Å²) in [5.74, 6) is 0.0248. The van der Waals surface area contributed by atoms with Crippen LogP contribution < -0.4 is 15.8 Å². The molecule has 9 nitrogen and oxygen atoms in total. The van der Waals surface area contributed by atoms with Crippen LogP contribution in [-0.4, -0.2) is 45.5 Å². The molecule has 0 spiro atoms. The van der Waals surface area contributed by atoms with Gasteiger partial charge in [-0.3, -0.25) is 9.48 Å². The standard InChI is InChI=1S/C23H29N5O4S/c1-23(2,3)32-22(30)26-14-5-7-15(8-6-14)28-16-9-10-25-21(31-4)18(16)19(27-28)13-11-17(20(24)29)33-12-13/h9-12,14-15H,5-8H2,1-4H3,(H2,24,29)(H,26,30). The van der Waals surface area contributed by atoms with Gasteiger partial charge < -0.3 is 20.5 Å². The van der Waals surface area contributed by atoms with Gasteiger partial charge in [-0.2, -0.15) is 5.10 Å². The number of fused-ring (bicyclic) bond motifs is 1. The van der Waals surface area contributed by atoms with Gasteiger partial charge in [-0.1, -0.05) is 0 Å². The zero-order chi connectivity index (χ0) is 23.8. The van der Waals surface area contributed by atoms with Crippen molar-refractivity contribution in [2.24, 2.45) is 5.73 Å². The molecule has 0 atom stereocenters. The number of ether oxygens (including phenoxy) is 2. The van der Waals surface area contributed by atoms with Crippen LogP contribution in [0.3, 0.4) is 0 Å². The number of carbonyl (C=O) groups excluding carboxylic acids is 2. The van der Waals surface area contributed by atoms with Crippen molar-refractivity contribution in [3.8, 4) is 17.1 Å². The molecule has 0 aliphatic heterocycles. The molecule has 176 valence electrons. The third kappa shape index (κ3) is 4.95. The largest absolute Gasteiger partial charge is 0.480 e. The lowest BCUT2D eigenvalue weighted by Gasteiger charge is -2.30. The minimum Gasteiger partial charge on any atom is -0.480 e. The van der Waals surface area contributed by atoms with Crippen LogP contribution >= 0.6 is 11.3 Å². The topological polar surface area (TPSA) is 121 Å².